The molecular formula is C13H20OS. The first-order valence-corrected chi connectivity index (χ1v) is 6.61. The van der Waals surface area contributed by atoms with Gasteiger partial charge in [0, 0.05) is 11.5 Å². The maximum atomic E-state index is 9.12. The molecule has 1 aromatic rings. The molecule has 1 aromatic carbocycles. The molecule has 0 aliphatic rings. The first-order valence-electron chi connectivity index (χ1n) is 5.62. The fourth-order valence-electron chi connectivity index (χ4n) is 1.56. The number of hydrogen-bond acceptors (Lipinski definition) is 2. The molecule has 2 heteroatoms. The van der Waals surface area contributed by atoms with Gasteiger partial charge in [0.05, 0.1) is 0 Å². The minimum Gasteiger partial charge on any atom is -0.396 e. The Morgan fingerprint density at radius 3 is 2.33 bits per heavy atom. The van der Waals surface area contributed by atoms with Crippen molar-refractivity contribution in [1.82, 2.24) is 0 Å². The quantitative estimate of drug-likeness (QED) is 0.748. The maximum absolute atomic E-state index is 9.12. The van der Waals surface area contributed by atoms with Crippen molar-refractivity contribution in [1.29, 1.82) is 0 Å². The number of aliphatic hydroxyl groups is 1. The Morgan fingerprint density at radius 2 is 1.87 bits per heavy atom. The van der Waals surface area contributed by atoms with E-state index in [1.165, 1.54) is 10.5 Å². The van der Waals surface area contributed by atoms with Crippen LogP contribution >= 0.6 is 11.8 Å². The van der Waals surface area contributed by atoms with Crippen LogP contribution in [0.5, 0.6) is 0 Å². The fraction of sp³-hybridized carbons (Fsp3) is 0.538. The van der Waals surface area contributed by atoms with E-state index in [9.17, 15) is 0 Å². The van der Waals surface area contributed by atoms with Crippen LogP contribution in [0.1, 0.15) is 25.8 Å². The van der Waals surface area contributed by atoms with Gasteiger partial charge in [0.2, 0.25) is 0 Å². The zero-order valence-electron chi connectivity index (χ0n) is 9.57. The minimum absolute atomic E-state index is 0.294. The first kappa shape index (κ1) is 12.6. The van der Waals surface area contributed by atoms with E-state index in [0.717, 1.165) is 18.6 Å². The van der Waals surface area contributed by atoms with Crippen molar-refractivity contribution in [3.8, 4) is 0 Å². The molecule has 0 aliphatic heterocycles. The Balaban J connectivity index is 2.55. The van der Waals surface area contributed by atoms with Crippen molar-refractivity contribution < 1.29 is 5.11 Å². The van der Waals surface area contributed by atoms with Crippen LogP contribution in [0.3, 0.4) is 0 Å². The Labute approximate surface area is 96.9 Å². The number of hydrogen-bond donors (Lipinski definition) is 1. The molecular weight excluding hydrogens is 204 g/mol. The van der Waals surface area contributed by atoms with Crippen LogP contribution in [0, 0.1) is 5.92 Å². The fourth-order valence-corrected chi connectivity index (χ4v) is 2.22. The third-order valence-electron chi connectivity index (χ3n) is 2.59. The van der Waals surface area contributed by atoms with E-state index in [1.807, 2.05) is 11.8 Å². The third-order valence-corrected chi connectivity index (χ3v) is 3.49. The SMILES string of the molecule is CCSc1ccc(CC(CC)CO)cc1. The summed E-state index contributed by atoms with van der Waals surface area (Å²) in [5.74, 6) is 1.53. The van der Waals surface area contributed by atoms with Gasteiger partial charge in [-0.05, 0) is 35.8 Å². The van der Waals surface area contributed by atoms with Crippen LogP contribution in [-0.4, -0.2) is 17.5 Å². The van der Waals surface area contributed by atoms with Crippen LogP contribution in [0.2, 0.25) is 0 Å². The highest BCUT2D eigenvalue weighted by Gasteiger charge is 2.05. The van der Waals surface area contributed by atoms with Gasteiger partial charge in [-0.25, -0.2) is 0 Å². The summed E-state index contributed by atoms with van der Waals surface area (Å²) in [4.78, 5) is 1.33. The summed E-state index contributed by atoms with van der Waals surface area (Å²) in [6.45, 7) is 4.58. The smallest absolute Gasteiger partial charge is 0.0462 e. The molecule has 0 saturated carbocycles. The highest BCUT2D eigenvalue weighted by molar-refractivity contribution is 7.99. The average Bonchev–Trinajstić information content (AvgIpc) is 2.28. The predicted molar refractivity (Wildman–Crippen MR) is 67.4 cm³/mol. The Bertz CT molecular complexity index is 264. The molecule has 0 spiro atoms. The summed E-state index contributed by atoms with van der Waals surface area (Å²) in [6.07, 6.45) is 2.03. The van der Waals surface area contributed by atoms with Gasteiger partial charge in [-0.15, -0.1) is 11.8 Å². The van der Waals surface area contributed by atoms with Crippen LogP contribution in [0.15, 0.2) is 29.2 Å². The summed E-state index contributed by atoms with van der Waals surface area (Å²) in [5.41, 5.74) is 1.33. The van der Waals surface area contributed by atoms with E-state index in [2.05, 4.69) is 38.1 Å². The lowest BCUT2D eigenvalue weighted by Crippen LogP contribution is -2.07. The van der Waals surface area contributed by atoms with Crippen molar-refractivity contribution in [2.45, 2.75) is 31.6 Å². The minimum atomic E-state index is 0.294. The molecule has 1 unspecified atom stereocenters. The maximum Gasteiger partial charge on any atom is 0.0462 e. The molecule has 15 heavy (non-hydrogen) atoms. The second kappa shape index (κ2) is 6.91. The van der Waals surface area contributed by atoms with Gasteiger partial charge in [0.1, 0.15) is 0 Å². The van der Waals surface area contributed by atoms with Gasteiger partial charge < -0.3 is 5.11 Å². The monoisotopic (exact) mass is 224 g/mol. The molecule has 0 radical (unpaired) electrons. The summed E-state index contributed by atoms with van der Waals surface area (Å²) in [7, 11) is 0. The highest BCUT2D eigenvalue weighted by atomic mass is 32.2. The van der Waals surface area contributed by atoms with Crippen molar-refractivity contribution in [3.05, 3.63) is 29.8 Å². The molecule has 1 nitrogen and oxygen atoms in total. The van der Waals surface area contributed by atoms with Crippen LogP contribution in [0.25, 0.3) is 0 Å². The largest absolute Gasteiger partial charge is 0.396 e. The number of rotatable bonds is 6. The van der Waals surface area contributed by atoms with E-state index in [4.69, 9.17) is 5.11 Å². The van der Waals surface area contributed by atoms with Gasteiger partial charge in [-0.1, -0.05) is 32.4 Å². The van der Waals surface area contributed by atoms with Crippen molar-refractivity contribution in [2.75, 3.05) is 12.4 Å². The normalized spacial score (nSPS) is 12.7. The highest BCUT2D eigenvalue weighted by Crippen LogP contribution is 2.19. The van der Waals surface area contributed by atoms with Crippen LogP contribution in [-0.2, 0) is 6.42 Å². The van der Waals surface area contributed by atoms with E-state index >= 15 is 0 Å². The Kier molecular flexibility index (Phi) is 5.81. The van der Waals surface area contributed by atoms with Gasteiger partial charge >= 0.3 is 0 Å². The van der Waals surface area contributed by atoms with E-state index in [0.29, 0.717) is 12.5 Å². The molecule has 1 atom stereocenters. The Morgan fingerprint density at radius 1 is 1.20 bits per heavy atom. The third kappa shape index (κ3) is 4.27. The van der Waals surface area contributed by atoms with Gasteiger partial charge in [-0.3, -0.25) is 0 Å². The summed E-state index contributed by atoms with van der Waals surface area (Å²) >= 11 is 1.86. The van der Waals surface area contributed by atoms with Crippen molar-refractivity contribution in [2.24, 2.45) is 5.92 Å². The molecule has 0 bridgehead atoms. The molecule has 84 valence electrons. The van der Waals surface area contributed by atoms with Crippen molar-refractivity contribution in [3.63, 3.8) is 0 Å². The Hall–Kier alpha value is -0.470. The molecule has 0 heterocycles. The molecule has 0 amide bonds. The van der Waals surface area contributed by atoms with Crippen LogP contribution < -0.4 is 0 Å². The summed E-state index contributed by atoms with van der Waals surface area (Å²) in [5, 5.41) is 9.12. The van der Waals surface area contributed by atoms with Crippen molar-refractivity contribution >= 4 is 11.8 Å². The standard InChI is InChI=1S/C13H20OS/c1-3-11(10-14)9-12-5-7-13(8-6-12)15-4-2/h5-8,11,14H,3-4,9-10H2,1-2H3. The van der Waals surface area contributed by atoms with Gasteiger partial charge in [0.25, 0.3) is 0 Å². The second-order valence-corrected chi connectivity index (χ2v) is 5.08. The van der Waals surface area contributed by atoms with Gasteiger partial charge in [0.15, 0.2) is 0 Å². The van der Waals surface area contributed by atoms with E-state index in [-0.39, 0.29) is 0 Å². The topological polar surface area (TPSA) is 20.2 Å². The lowest BCUT2D eigenvalue weighted by atomic mass is 9.98. The number of thioether (sulfide) groups is 1. The first-order chi connectivity index (χ1) is 7.30. The number of aliphatic hydroxyl groups excluding tert-OH is 1. The molecule has 0 aromatic heterocycles. The second-order valence-electron chi connectivity index (χ2n) is 3.74. The predicted octanol–water partition coefficient (Wildman–Crippen LogP) is 3.36. The van der Waals surface area contributed by atoms with E-state index < -0.39 is 0 Å². The van der Waals surface area contributed by atoms with E-state index in [1.54, 1.807) is 0 Å². The zero-order valence-corrected chi connectivity index (χ0v) is 10.4. The summed E-state index contributed by atoms with van der Waals surface area (Å²) in [6, 6.07) is 8.70. The molecule has 1 rings (SSSR count). The molecule has 1 N–H and O–H groups in total. The molecule has 0 saturated heterocycles. The van der Waals surface area contributed by atoms with Crippen LogP contribution in [0.4, 0.5) is 0 Å². The lowest BCUT2D eigenvalue weighted by molar-refractivity contribution is 0.222. The molecule has 0 fully saturated rings. The zero-order chi connectivity index (χ0) is 11.1. The molecule has 0 aliphatic carbocycles. The summed E-state index contributed by atoms with van der Waals surface area (Å²) < 4.78 is 0. The average molecular weight is 224 g/mol. The lowest BCUT2D eigenvalue weighted by Gasteiger charge is -2.11. The number of benzene rings is 1. The van der Waals surface area contributed by atoms with Gasteiger partial charge in [-0.2, -0.15) is 0 Å².